The average molecular weight is 296 g/mol. The van der Waals surface area contributed by atoms with Crippen molar-refractivity contribution in [2.24, 2.45) is 0 Å². The first-order chi connectivity index (χ1) is 7.76. The third kappa shape index (κ3) is 3.92. The van der Waals surface area contributed by atoms with Gasteiger partial charge >= 0.3 is 0 Å². The molecule has 0 fully saturated rings. The smallest absolute Gasteiger partial charge is 0.222 e. The largest absolute Gasteiger partial charge is 0.233 e. The molecule has 17 heavy (non-hydrogen) atoms. The highest BCUT2D eigenvalue weighted by Crippen LogP contribution is 2.13. The van der Waals surface area contributed by atoms with E-state index in [4.69, 9.17) is 15.9 Å². The topological polar surface area (TPSA) is 118 Å². The van der Waals surface area contributed by atoms with Gasteiger partial charge in [-0.05, 0) is 6.07 Å². The lowest BCUT2D eigenvalue weighted by molar-refractivity contribution is 0.587. The summed E-state index contributed by atoms with van der Waals surface area (Å²) in [5, 5.41) is 14.8. The van der Waals surface area contributed by atoms with Crippen LogP contribution in [-0.2, 0) is 18.9 Å². The molecule has 0 spiro atoms. The van der Waals surface area contributed by atoms with Crippen molar-refractivity contribution in [2.45, 2.75) is 5.03 Å². The SMILES string of the molecule is N#Cc1ccnnc1S(=O)(=O)CCS(=O)(=O)Cl. The quantitative estimate of drug-likeness (QED) is 0.699. The Hall–Kier alpha value is -1.24. The molecular weight excluding hydrogens is 290 g/mol. The Balaban J connectivity index is 3.11. The molecule has 0 aromatic carbocycles. The predicted octanol–water partition coefficient (Wildman–Crippen LogP) is -0.309. The van der Waals surface area contributed by atoms with E-state index in [1.807, 2.05) is 0 Å². The zero-order chi connectivity index (χ0) is 13.1. The Morgan fingerprint density at radius 3 is 2.47 bits per heavy atom. The molecule has 0 aliphatic rings. The number of hydrogen-bond acceptors (Lipinski definition) is 7. The van der Waals surface area contributed by atoms with E-state index in [1.165, 1.54) is 6.07 Å². The molecule has 1 heterocycles. The summed E-state index contributed by atoms with van der Waals surface area (Å²) >= 11 is 0. The fourth-order valence-corrected chi connectivity index (χ4v) is 3.99. The van der Waals surface area contributed by atoms with E-state index < -0.39 is 35.4 Å². The van der Waals surface area contributed by atoms with Gasteiger partial charge in [0, 0.05) is 10.7 Å². The van der Waals surface area contributed by atoms with Gasteiger partial charge in [-0.1, -0.05) is 0 Å². The zero-order valence-electron chi connectivity index (χ0n) is 8.24. The summed E-state index contributed by atoms with van der Waals surface area (Å²) in [6, 6.07) is 2.81. The minimum atomic E-state index is -4.00. The van der Waals surface area contributed by atoms with E-state index >= 15 is 0 Å². The molecule has 1 aromatic heterocycles. The minimum absolute atomic E-state index is 0.188. The molecule has 0 saturated heterocycles. The molecule has 92 valence electrons. The van der Waals surface area contributed by atoms with E-state index in [1.54, 1.807) is 6.07 Å². The van der Waals surface area contributed by atoms with Gasteiger partial charge in [0.05, 0.1) is 23.3 Å². The van der Waals surface area contributed by atoms with Gasteiger partial charge in [-0.15, -0.1) is 5.10 Å². The zero-order valence-corrected chi connectivity index (χ0v) is 10.6. The van der Waals surface area contributed by atoms with Crippen LogP contribution in [0.5, 0.6) is 0 Å². The molecule has 10 heteroatoms. The van der Waals surface area contributed by atoms with Gasteiger partial charge in [-0.25, -0.2) is 16.8 Å². The second kappa shape index (κ2) is 4.95. The number of nitrogens with zero attached hydrogens (tertiary/aromatic N) is 3. The highest BCUT2D eigenvalue weighted by molar-refractivity contribution is 8.14. The Kier molecular flexibility index (Phi) is 4.03. The summed E-state index contributed by atoms with van der Waals surface area (Å²) in [7, 11) is -3.01. The van der Waals surface area contributed by atoms with Gasteiger partial charge in [0.15, 0.2) is 14.9 Å². The van der Waals surface area contributed by atoms with Crippen LogP contribution in [0.2, 0.25) is 0 Å². The van der Waals surface area contributed by atoms with Gasteiger partial charge < -0.3 is 0 Å². The van der Waals surface area contributed by atoms with Crippen molar-refractivity contribution in [1.29, 1.82) is 5.26 Å². The van der Waals surface area contributed by atoms with Crippen LogP contribution in [0.1, 0.15) is 5.56 Å². The molecule has 0 unspecified atom stereocenters. The molecule has 0 saturated carbocycles. The van der Waals surface area contributed by atoms with Crippen LogP contribution >= 0.6 is 10.7 Å². The number of sulfone groups is 1. The molecule has 0 bridgehead atoms. The Morgan fingerprint density at radius 1 is 1.29 bits per heavy atom. The van der Waals surface area contributed by atoms with Crippen molar-refractivity contribution in [2.75, 3.05) is 11.5 Å². The summed E-state index contributed by atoms with van der Waals surface area (Å²) in [6.07, 6.45) is 1.16. The van der Waals surface area contributed by atoms with E-state index in [2.05, 4.69) is 10.2 Å². The van der Waals surface area contributed by atoms with Crippen LogP contribution in [0.4, 0.5) is 0 Å². The molecule has 0 radical (unpaired) electrons. The monoisotopic (exact) mass is 295 g/mol. The van der Waals surface area contributed by atoms with Crippen molar-refractivity contribution in [3.8, 4) is 6.07 Å². The number of rotatable bonds is 4. The third-order valence-corrected chi connectivity index (χ3v) is 4.74. The molecule has 7 nitrogen and oxygen atoms in total. The van der Waals surface area contributed by atoms with E-state index in [0.717, 1.165) is 6.20 Å². The fourth-order valence-electron chi connectivity index (χ4n) is 0.940. The van der Waals surface area contributed by atoms with Crippen molar-refractivity contribution in [3.05, 3.63) is 17.8 Å². The number of aromatic nitrogens is 2. The lowest BCUT2D eigenvalue weighted by Crippen LogP contribution is -2.17. The molecule has 1 aromatic rings. The minimum Gasteiger partial charge on any atom is -0.222 e. The maximum absolute atomic E-state index is 11.7. The molecule has 0 aliphatic carbocycles. The standard InChI is InChI=1S/C7H6ClN3O4S2/c8-17(14,15)4-3-16(12,13)7-6(5-9)1-2-10-11-7/h1-2H,3-4H2. The van der Waals surface area contributed by atoms with E-state index in [0.29, 0.717) is 0 Å². The predicted molar refractivity (Wildman–Crippen MR) is 58.4 cm³/mol. The number of halogens is 1. The summed E-state index contributed by atoms with van der Waals surface area (Å²) < 4.78 is 44.7. The van der Waals surface area contributed by atoms with Crippen LogP contribution in [0, 0.1) is 11.3 Å². The summed E-state index contributed by atoms with van der Waals surface area (Å²) in [6.45, 7) is 0. The first-order valence-electron chi connectivity index (χ1n) is 4.13. The van der Waals surface area contributed by atoms with Crippen LogP contribution in [-0.4, -0.2) is 38.5 Å². The molecular formula is C7H6ClN3O4S2. The van der Waals surface area contributed by atoms with Gasteiger partial charge in [0.1, 0.15) is 6.07 Å². The van der Waals surface area contributed by atoms with Crippen molar-refractivity contribution in [3.63, 3.8) is 0 Å². The first-order valence-corrected chi connectivity index (χ1v) is 8.26. The molecule has 1 rings (SSSR count). The van der Waals surface area contributed by atoms with Gasteiger partial charge in [0.25, 0.3) is 0 Å². The molecule has 0 aliphatic heterocycles. The normalized spacial score (nSPS) is 12.0. The highest BCUT2D eigenvalue weighted by atomic mass is 35.7. The van der Waals surface area contributed by atoms with E-state index in [9.17, 15) is 16.8 Å². The molecule has 0 atom stereocenters. The van der Waals surface area contributed by atoms with Crippen LogP contribution in [0.3, 0.4) is 0 Å². The third-order valence-electron chi connectivity index (χ3n) is 1.70. The maximum atomic E-state index is 11.7. The van der Waals surface area contributed by atoms with Crippen molar-refractivity contribution < 1.29 is 16.8 Å². The number of hydrogen-bond donors (Lipinski definition) is 0. The Morgan fingerprint density at radius 2 is 1.94 bits per heavy atom. The lowest BCUT2D eigenvalue weighted by atomic mass is 10.3. The second-order valence-electron chi connectivity index (χ2n) is 2.92. The first kappa shape index (κ1) is 13.8. The second-order valence-corrected chi connectivity index (χ2v) is 7.84. The maximum Gasteiger partial charge on any atom is 0.233 e. The van der Waals surface area contributed by atoms with E-state index in [-0.39, 0.29) is 5.56 Å². The number of nitriles is 1. The lowest BCUT2D eigenvalue weighted by Gasteiger charge is -2.02. The molecule has 0 N–H and O–H groups in total. The van der Waals surface area contributed by atoms with Crippen LogP contribution < -0.4 is 0 Å². The van der Waals surface area contributed by atoms with Crippen LogP contribution in [0.15, 0.2) is 17.3 Å². The highest BCUT2D eigenvalue weighted by Gasteiger charge is 2.23. The summed E-state index contributed by atoms with van der Waals surface area (Å²) in [5.41, 5.74) is -0.188. The summed E-state index contributed by atoms with van der Waals surface area (Å²) in [5.74, 6) is -1.50. The van der Waals surface area contributed by atoms with Crippen molar-refractivity contribution in [1.82, 2.24) is 10.2 Å². The van der Waals surface area contributed by atoms with Gasteiger partial charge in [0.2, 0.25) is 9.05 Å². The molecule has 0 amide bonds. The Labute approximate surface area is 102 Å². The Bertz CT molecular complexity index is 663. The summed E-state index contributed by atoms with van der Waals surface area (Å²) in [4.78, 5) is 0. The van der Waals surface area contributed by atoms with Crippen LogP contribution in [0.25, 0.3) is 0 Å². The average Bonchev–Trinajstić information content (AvgIpc) is 2.26. The van der Waals surface area contributed by atoms with Gasteiger partial charge in [-0.2, -0.15) is 10.4 Å². The van der Waals surface area contributed by atoms with Crippen molar-refractivity contribution >= 4 is 29.6 Å². The van der Waals surface area contributed by atoms with Gasteiger partial charge in [-0.3, -0.25) is 0 Å². The fraction of sp³-hybridized carbons (Fsp3) is 0.286.